The number of imide groups is 1. The zero-order valence-electron chi connectivity index (χ0n) is 54.8. The normalized spacial score (nSPS) is 25.3. The number of ether oxygens (including phenoxy) is 5. The van der Waals surface area contributed by atoms with Gasteiger partial charge in [-0.05, 0) is 128 Å². The lowest BCUT2D eigenvalue weighted by molar-refractivity contribution is -0.271. The van der Waals surface area contributed by atoms with E-state index in [0.29, 0.717) is 65.7 Å². The molecular weight excluding hydrogens is 1290 g/mol. The number of para-hydroxylation sites is 1. The molecule has 0 radical (unpaired) electrons. The number of carboxylic acid groups (broad SMARTS) is 2. The van der Waals surface area contributed by atoms with Crippen LogP contribution in [0.1, 0.15) is 122 Å². The number of amides is 5. The number of ketones is 1. The summed E-state index contributed by atoms with van der Waals surface area (Å²) in [6.45, 7) is 9.17. The van der Waals surface area contributed by atoms with Crippen LogP contribution in [0, 0.1) is 23.2 Å². The van der Waals surface area contributed by atoms with Gasteiger partial charge in [-0.2, -0.15) is 5.10 Å². The van der Waals surface area contributed by atoms with Crippen molar-refractivity contribution in [3.05, 3.63) is 125 Å². The molecule has 27 nitrogen and oxygen atoms in total. The number of fused-ring (bicyclic) bond motifs is 2. The minimum absolute atomic E-state index is 0.0325. The van der Waals surface area contributed by atoms with Crippen molar-refractivity contribution in [2.75, 3.05) is 56.2 Å². The van der Waals surface area contributed by atoms with Gasteiger partial charge in [-0.25, -0.2) is 24.4 Å². The highest BCUT2D eigenvalue weighted by Crippen LogP contribution is 2.72. The highest BCUT2D eigenvalue weighted by molar-refractivity contribution is 7.22. The Morgan fingerprint density at radius 2 is 1.60 bits per heavy atom. The van der Waals surface area contributed by atoms with E-state index in [1.54, 1.807) is 25.3 Å². The number of thiazole rings is 1. The second kappa shape index (κ2) is 28.0. The average molecular weight is 1370 g/mol. The number of benzene rings is 3. The number of rotatable bonds is 27. The fourth-order valence-corrected chi connectivity index (χ4v) is 17.0. The number of carbonyl (C=O) groups excluding carboxylic acids is 6. The number of aliphatic hydroxyl groups is 3. The number of aromatic nitrogens is 4. The lowest BCUT2D eigenvalue weighted by atomic mass is 9.39. The van der Waals surface area contributed by atoms with Crippen LogP contribution in [0.2, 0.25) is 0 Å². The first-order chi connectivity index (χ1) is 46.8. The van der Waals surface area contributed by atoms with E-state index in [1.807, 2.05) is 59.0 Å². The molecule has 5 fully saturated rings. The number of pyridine rings is 1. The third kappa shape index (κ3) is 14.7. The number of nitrogens with one attached hydrogen (secondary N) is 2. The number of Topliss-reactive ketones (excluding diaryl/α,β-unsaturated/α-hetero) is 1. The Labute approximate surface area is 567 Å². The van der Waals surface area contributed by atoms with Crippen molar-refractivity contribution in [3.8, 4) is 22.6 Å². The van der Waals surface area contributed by atoms with E-state index in [0.717, 1.165) is 76.2 Å². The van der Waals surface area contributed by atoms with Crippen LogP contribution in [0.3, 0.4) is 0 Å². The SMILES string of the molecule is CCC(=O)CCN(CCOC12CC3(C)CC(C)(CC(Cn4ncc(-c5ccc(N6CCc7cccc(C(=O)Nc8nc9ccccc9s8)c7C6)nc5C(=O)O)c4C)(C3)C1)C2)C(=O)OCc1ccc(O[C@@H]2O[C@H](C(=O)O)[C@@H](O)[C@H](O)[C@H]2O)cc1OCCCNC(=O)CN1C(=O)C=CC1=O. The van der Waals surface area contributed by atoms with E-state index in [-0.39, 0.29) is 104 Å². The number of aliphatic hydroxyl groups excluding tert-OH is 3. The van der Waals surface area contributed by atoms with E-state index in [9.17, 15) is 63.9 Å². The van der Waals surface area contributed by atoms with Gasteiger partial charge in [-0.15, -0.1) is 0 Å². The summed E-state index contributed by atoms with van der Waals surface area (Å²) in [6.07, 6.45) is -0.115. The minimum atomic E-state index is -1.96. The van der Waals surface area contributed by atoms with Crippen molar-refractivity contribution in [1.82, 2.24) is 34.9 Å². The number of hydrogen-bond acceptors (Lipinski definition) is 21. The average Bonchev–Trinajstić information content (AvgIpc) is 0.783. The first-order valence-corrected chi connectivity index (χ1v) is 33.7. The van der Waals surface area contributed by atoms with Gasteiger partial charge in [0.25, 0.3) is 17.7 Å². The first-order valence-electron chi connectivity index (χ1n) is 32.8. The number of carboxylic acids is 2. The molecule has 98 heavy (non-hydrogen) atoms. The van der Waals surface area contributed by atoms with Crippen LogP contribution in [0.5, 0.6) is 11.5 Å². The van der Waals surface area contributed by atoms with Crippen LogP contribution >= 0.6 is 11.3 Å². The molecule has 7 atom stereocenters. The second-order valence-corrected chi connectivity index (χ2v) is 28.4. The summed E-state index contributed by atoms with van der Waals surface area (Å²) >= 11 is 1.40. The standard InChI is InChI=1S/C70H79N9O18S/c1-5-43(80)21-24-76(66(92)94-32-42-14-15-44(96-64-59(86)57(84)58(85)60(97-64)63(90)91)28-50(42)93-26-9-22-71-53(81)31-78-54(82)18-19-55(78)83)25-27-95-70-36-67(3)33-68(4,37-70)35-69(34-67,38-70)39-79-40(2)47(29-72-79)45-16-17-52(74-56(45)62(88)89)77-23-20-41-10-8-11-46(48(41)30-77)61(87)75-65-73-49-12-6-7-13-51(49)98-65/h6-8,10-19,28-29,57-60,64,84-86H,5,9,20-27,30-39H2,1-4H3,(H,71,81)(H,88,89)(H,90,91)(H,73,75,87)/t57-,58-,59+,60-,64+,67?,68?,69?,70?/m0/s1. The predicted octanol–water partition coefficient (Wildman–Crippen LogP) is 6.60. The summed E-state index contributed by atoms with van der Waals surface area (Å²) in [7, 11) is 0. The Bertz CT molecular complexity index is 4080. The lowest BCUT2D eigenvalue weighted by Crippen LogP contribution is -2.64. The summed E-state index contributed by atoms with van der Waals surface area (Å²) < 4.78 is 33.2. The summed E-state index contributed by atoms with van der Waals surface area (Å²) in [6, 6.07) is 21.2. The molecule has 3 aromatic heterocycles. The van der Waals surface area contributed by atoms with Crippen molar-refractivity contribution >= 4 is 79.9 Å². The van der Waals surface area contributed by atoms with Crippen molar-refractivity contribution < 1.29 is 87.6 Å². The van der Waals surface area contributed by atoms with Gasteiger partial charge >= 0.3 is 18.0 Å². The summed E-state index contributed by atoms with van der Waals surface area (Å²) in [5.74, 6) is -4.43. The molecule has 28 heteroatoms. The number of nitrogens with zero attached hydrogens (tertiary/aromatic N) is 7. The van der Waals surface area contributed by atoms with Crippen LogP contribution in [0.15, 0.2) is 91.1 Å². The van der Waals surface area contributed by atoms with Gasteiger partial charge < -0.3 is 64.3 Å². The third-order valence-electron chi connectivity index (χ3n) is 19.6. The van der Waals surface area contributed by atoms with E-state index in [2.05, 4.69) is 29.5 Å². The third-order valence-corrected chi connectivity index (χ3v) is 20.6. The molecule has 3 aromatic carbocycles. The fourth-order valence-electron chi connectivity index (χ4n) is 16.2. The maximum Gasteiger partial charge on any atom is 0.410 e. The molecule has 2 unspecified atom stereocenters. The van der Waals surface area contributed by atoms with Crippen molar-refractivity contribution in [1.29, 1.82) is 0 Å². The fraction of sp³-hybridized carbons (Fsp3) is 0.471. The smallest absolute Gasteiger partial charge is 0.410 e. The number of aliphatic carboxylic acids is 1. The van der Waals surface area contributed by atoms with Gasteiger partial charge in [0.15, 0.2) is 16.9 Å². The molecule has 7 aliphatic rings. The summed E-state index contributed by atoms with van der Waals surface area (Å²) in [5, 5.41) is 62.9. The summed E-state index contributed by atoms with van der Waals surface area (Å²) in [5.41, 5.74) is 4.22. The van der Waals surface area contributed by atoms with Crippen LogP contribution in [0.25, 0.3) is 21.3 Å². The number of hydrogen-bond donors (Lipinski definition) is 7. The van der Waals surface area contributed by atoms with Crippen LogP contribution < -0.4 is 25.0 Å². The van der Waals surface area contributed by atoms with E-state index in [4.69, 9.17) is 33.8 Å². The topological polar surface area (TPSA) is 361 Å². The Hall–Kier alpha value is -9.19. The molecular formula is C70H79N9O18S. The molecule has 4 aliphatic carbocycles. The van der Waals surface area contributed by atoms with Crippen molar-refractivity contribution in [3.63, 3.8) is 0 Å². The van der Waals surface area contributed by atoms with Gasteiger partial charge in [0.1, 0.15) is 54.6 Å². The molecule has 0 spiro atoms. The maximum atomic E-state index is 14.3. The highest BCUT2D eigenvalue weighted by atomic mass is 32.1. The van der Waals surface area contributed by atoms with Crippen LogP contribution in [0.4, 0.5) is 15.7 Å². The largest absolute Gasteiger partial charge is 0.493 e. The highest BCUT2D eigenvalue weighted by Gasteiger charge is 2.66. The monoisotopic (exact) mass is 1370 g/mol. The number of carbonyl (C=O) groups is 8. The molecule has 5 amide bonds. The molecule has 518 valence electrons. The maximum absolute atomic E-state index is 14.3. The first kappa shape index (κ1) is 68.7. The zero-order chi connectivity index (χ0) is 69.4. The Morgan fingerprint density at radius 3 is 2.34 bits per heavy atom. The number of anilines is 2. The molecule has 4 bridgehead atoms. The van der Waals surface area contributed by atoms with Gasteiger partial charge in [0.2, 0.25) is 12.2 Å². The Morgan fingerprint density at radius 1 is 0.837 bits per heavy atom. The van der Waals surface area contributed by atoms with E-state index >= 15 is 0 Å². The quantitative estimate of drug-likeness (QED) is 0.0211. The zero-order valence-corrected chi connectivity index (χ0v) is 55.6. The molecule has 6 heterocycles. The minimum Gasteiger partial charge on any atom is -0.493 e. The van der Waals surface area contributed by atoms with Gasteiger partial charge in [0.05, 0.1) is 35.2 Å². The second-order valence-electron chi connectivity index (χ2n) is 27.4. The van der Waals surface area contributed by atoms with Gasteiger partial charge in [0, 0.05) is 98.3 Å². The van der Waals surface area contributed by atoms with E-state index in [1.165, 1.54) is 34.4 Å². The van der Waals surface area contributed by atoms with Crippen molar-refractivity contribution in [2.45, 2.75) is 148 Å². The lowest BCUT2D eigenvalue weighted by Gasteiger charge is -2.69. The Kier molecular flexibility index (Phi) is 19.6. The van der Waals surface area contributed by atoms with Crippen LogP contribution in [-0.2, 0) is 64.3 Å². The summed E-state index contributed by atoms with van der Waals surface area (Å²) in [4.78, 5) is 116. The molecule has 4 saturated carbocycles. The molecule has 7 N–H and O–H groups in total. The molecule has 6 aromatic rings. The van der Waals surface area contributed by atoms with E-state index < -0.39 is 78.6 Å². The number of aromatic carboxylic acids is 1. The Balaban J connectivity index is 0.710. The van der Waals surface area contributed by atoms with Gasteiger partial charge in [-0.1, -0.05) is 56.4 Å². The van der Waals surface area contributed by atoms with Crippen LogP contribution in [-0.4, -0.2) is 185 Å². The molecule has 13 rings (SSSR count). The molecule has 1 saturated heterocycles. The predicted molar refractivity (Wildman–Crippen MR) is 353 cm³/mol. The van der Waals surface area contributed by atoms with Gasteiger partial charge in [-0.3, -0.25) is 38.9 Å². The van der Waals surface area contributed by atoms with Crippen molar-refractivity contribution in [2.24, 2.45) is 16.2 Å². The molecule has 3 aliphatic heterocycles.